The molecule has 0 atom stereocenters. The summed E-state index contributed by atoms with van der Waals surface area (Å²) in [6, 6.07) is 8.02. The number of phenolic OH excluding ortho intramolecular Hbond substituents is 1. The Kier molecular flexibility index (Phi) is 4.04. The van der Waals surface area contributed by atoms with Crippen LogP contribution in [-0.4, -0.2) is 27.3 Å². The van der Waals surface area contributed by atoms with E-state index in [4.69, 9.17) is 9.84 Å². The molecule has 0 amide bonds. The number of hydrogen-bond acceptors (Lipinski definition) is 6. The van der Waals surface area contributed by atoms with Crippen LogP contribution in [0.3, 0.4) is 0 Å². The molecule has 0 aromatic heterocycles. The van der Waals surface area contributed by atoms with Gasteiger partial charge >= 0.3 is 11.9 Å². The molecule has 0 fully saturated rings. The van der Waals surface area contributed by atoms with Gasteiger partial charge in [-0.3, -0.25) is 0 Å². The SMILES string of the molecule is O=C(Oc1cccc(C(=O)O)c1O)c1cccc(S)c1O. The van der Waals surface area contributed by atoms with Crippen LogP contribution in [-0.2, 0) is 0 Å². The molecule has 7 heteroatoms. The van der Waals surface area contributed by atoms with Crippen LogP contribution in [0.4, 0.5) is 0 Å². The molecule has 0 heterocycles. The number of carbonyl (C=O) groups excluding carboxylic acids is 1. The zero-order valence-corrected chi connectivity index (χ0v) is 11.4. The van der Waals surface area contributed by atoms with Gasteiger partial charge in [0, 0.05) is 4.90 Å². The highest BCUT2D eigenvalue weighted by Gasteiger charge is 2.19. The number of ether oxygens (including phenoxy) is 1. The van der Waals surface area contributed by atoms with E-state index in [1.165, 1.54) is 36.4 Å². The molecule has 0 radical (unpaired) electrons. The van der Waals surface area contributed by atoms with Gasteiger partial charge in [0.1, 0.15) is 16.9 Å². The highest BCUT2D eigenvalue weighted by atomic mass is 32.1. The smallest absolute Gasteiger partial charge is 0.347 e. The molecular formula is C14H10O6S. The molecule has 6 nitrogen and oxygen atoms in total. The van der Waals surface area contributed by atoms with Crippen molar-refractivity contribution in [2.75, 3.05) is 0 Å². The molecule has 21 heavy (non-hydrogen) atoms. The van der Waals surface area contributed by atoms with Gasteiger partial charge in [-0.25, -0.2) is 9.59 Å². The Bertz CT molecular complexity index is 725. The first-order valence-electron chi connectivity index (χ1n) is 5.70. The maximum atomic E-state index is 11.9. The van der Waals surface area contributed by atoms with Crippen LogP contribution in [0.1, 0.15) is 20.7 Å². The van der Waals surface area contributed by atoms with Gasteiger partial charge in [-0.2, -0.15) is 0 Å². The van der Waals surface area contributed by atoms with E-state index in [-0.39, 0.29) is 22.0 Å². The normalized spacial score (nSPS) is 10.1. The van der Waals surface area contributed by atoms with Gasteiger partial charge < -0.3 is 20.1 Å². The summed E-state index contributed by atoms with van der Waals surface area (Å²) in [4.78, 5) is 23.0. The van der Waals surface area contributed by atoms with Crippen LogP contribution >= 0.6 is 12.6 Å². The maximum absolute atomic E-state index is 11.9. The van der Waals surface area contributed by atoms with Crippen molar-refractivity contribution < 1.29 is 29.6 Å². The molecule has 0 bridgehead atoms. The van der Waals surface area contributed by atoms with Gasteiger partial charge in [0.25, 0.3) is 0 Å². The monoisotopic (exact) mass is 306 g/mol. The number of aromatic carboxylic acids is 1. The van der Waals surface area contributed by atoms with Gasteiger partial charge in [0.15, 0.2) is 11.5 Å². The van der Waals surface area contributed by atoms with Gasteiger partial charge in [0.05, 0.1) is 0 Å². The average molecular weight is 306 g/mol. The topological polar surface area (TPSA) is 104 Å². The van der Waals surface area contributed by atoms with Crippen molar-refractivity contribution in [2.24, 2.45) is 0 Å². The molecule has 108 valence electrons. The number of thiol groups is 1. The number of carboxylic acids is 1. The Balaban J connectivity index is 2.34. The van der Waals surface area contributed by atoms with E-state index >= 15 is 0 Å². The first kappa shape index (κ1) is 14.7. The molecule has 2 rings (SSSR count). The molecule has 0 aliphatic rings. The molecule has 3 N–H and O–H groups in total. The van der Waals surface area contributed by atoms with Crippen molar-refractivity contribution >= 4 is 24.6 Å². The van der Waals surface area contributed by atoms with Gasteiger partial charge in [-0.15, -0.1) is 12.6 Å². The third-order valence-corrected chi connectivity index (χ3v) is 3.03. The van der Waals surface area contributed by atoms with E-state index in [1.54, 1.807) is 0 Å². The number of rotatable bonds is 3. The summed E-state index contributed by atoms with van der Waals surface area (Å²) in [5, 5.41) is 28.3. The average Bonchev–Trinajstić information content (AvgIpc) is 2.43. The summed E-state index contributed by atoms with van der Waals surface area (Å²) in [7, 11) is 0. The zero-order chi connectivity index (χ0) is 15.6. The maximum Gasteiger partial charge on any atom is 0.347 e. The second-order valence-electron chi connectivity index (χ2n) is 4.02. The van der Waals surface area contributed by atoms with Crippen LogP contribution in [0.15, 0.2) is 41.3 Å². The Morgan fingerprint density at radius 2 is 1.57 bits per heavy atom. The Morgan fingerprint density at radius 1 is 0.952 bits per heavy atom. The number of aromatic hydroxyl groups is 2. The molecule has 0 saturated heterocycles. The fourth-order valence-corrected chi connectivity index (χ4v) is 1.83. The number of phenols is 2. The van der Waals surface area contributed by atoms with Gasteiger partial charge in [0.2, 0.25) is 0 Å². The molecule has 0 aliphatic heterocycles. The standard InChI is InChI=1S/C14H10O6S/c15-11-7(13(17)18)3-1-5-9(11)20-14(19)8-4-2-6-10(21)12(8)16/h1-6,15-16,21H,(H,17,18). The van der Waals surface area contributed by atoms with Crippen molar-refractivity contribution in [1.29, 1.82) is 0 Å². The minimum absolute atomic E-state index is 0.150. The minimum atomic E-state index is -1.36. The predicted molar refractivity (Wildman–Crippen MR) is 75.4 cm³/mol. The molecule has 0 saturated carbocycles. The first-order chi connectivity index (χ1) is 9.91. The lowest BCUT2D eigenvalue weighted by atomic mass is 10.2. The molecular weight excluding hydrogens is 296 g/mol. The zero-order valence-electron chi connectivity index (χ0n) is 10.5. The molecule has 0 unspecified atom stereocenters. The van der Waals surface area contributed by atoms with Gasteiger partial charge in [-0.05, 0) is 24.3 Å². The van der Waals surface area contributed by atoms with Crippen LogP contribution in [0.5, 0.6) is 17.2 Å². The van der Waals surface area contributed by atoms with Gasteiger partial charge in [-0.1, -0.05) is 12.1 Å². The summed E-state index contributed by atoms with van der Waals surface area (Å²) >= 11 is 3.97. The van der Waals surface area contributed by atoms with Crippen molar-refractivity contribution in [3.05, 3.63) is 47.5 Å². The summed E-state index contributed by atoms with van der Waals surface area (Å²) in [5.74, 6) is -3.64. The lowest BCUT2D eigenvalue weighted by Crippen LogP contribution is -2.10. The van der Waals surface area contributed by atoms with Crippen LogP contribution < -0.4 is 4.74 Å². The van der Waals surface area contributed by atoms with Crippen molar-refractivity contribution in [1.82, 2.24) is 0 Å². The fraction of sp³-hybridized carbons (Fsp3) is 0. The highest BCUT2D eigenvalue weighted by Crippen LogP contribution is 2.32. The van der Waals surface area contributed by atoms with Crippen molar-refractivity contribution in [3.63, 3.8) is 0 Å². The fourth-order valence-electron chi connectivity index (χ4n) is 1.63. The van der Waals surface area contributed by atoms with E-state index in [1.807, 2.05) is 0 Å². The van der Waals surface area contributed by atoms with Crippen molar-refractivity contribution in [2.45, 2.75) is 4.90 Å². The van der Waals surface area contributed by atoms with E-state index in [0.717, 1.165) is 0 Å². The Labute approximate surface area is 124 Å². The summed E-state index contributed by atoms with van der Waals surface area (Å²) in [6.45, 7) is 0. The predicted octanol–water partition coefficient (Wildman–Crippen LogP) is 2.30. The second kappa shape index (κ2) is 5.76. The number of carboxylic acid groups (broad SMARTS) is 1. The number of esters is 1. The van der Waals surface area contributed by atoms with E-state index in [9.17, 15) is 19.8 Å². The quantitative estimate of drug-likeness (QED) is 0.394. The van der Waals surface area contributed by atoms with Crippen LogP contribution in [0.2, 0.25) is 0 Å². The molecule has 2 aromatic carbocycles. The largest absolute Gasteiger partial charge is 0.506 e. The van der Waals surface area contributed by atoms with E-state index < -0.39 is 23.3 Å². The van der Waals surface area contributed by atoms with Crippen LogP contribution in [0.25, 0.3) is 0 Å². The first-order valence-corrected chi connectivity index (χ1v) is 6.15. The molecule has 0 aliphatic carbocycles. The number of carbonyl (C=O) groups is 2. The van der Waals surface area contributed by atoms with Crippen molar-refractivity contribution in [3.8, 4) is 17.2 Å². The molecule has 0 spiro atoms. The summed E-state index contributed by atoms with van der Waals surface area (Å²) in [5.41, 5.74) is -0.546. The highest BCUT2D eigenvalue weighted by molar-refractivity contribution is 7.80. The number of benzene rings is 2. The van der Waals surface area contributed by atoms with E-state index in [0.29, 0.717) is 0 Å². The summed E-state index contributed by atoms with van der Waals surface area (Å²) < 4.78 is 4.91. The Hall–Kier alpha value is -2.67. The lowest BCUT2D eigenvalue weighted by molar-refractivity contribution is 0.0679. The number of para-hydroxylation sites is 2. The summed E-state index contributed by atoms with van der Waals surface area (Å²) in [6.07, 6.45) is 0. The second-order valence-corrected chi connectivity index (χ2v) is 4.50. The van der Waals surface area contributed by atoms with Crippen LogP contribution in [0, 0.1) is 0 Å². The molecule has 2 aromatic rings. The number of hydrogen-bond donors (Lipinski definition) is 4. The lowest BCUT2D eigenvalue weighted by Gasteiger charge is -2.09. The third kappa shape index (κ3) is 2.92. The van der Waals surface area contributed by atoms with E-state index in [2.05, 4.69) is 12.6 Å². The third-order valence-electron chi connectivity index (χ3n) is 2.67. The minimum Gasteiger partial charge on any atom is -0.506 e. The Morgan fingerprint density at radius 3 is 2.24 bits per heavy atom.